The predicted octanol–water partition coefficient (Wildman–Crippen LogP) is 1.45. The van der Waals surface area contributed by atoms with E-state index in [1.807, 2.05) is 11.9 Å². The fourth-order valence-corrected chi connectivity index (χ4v) is 6.41. The molecular formula is C16H22N4O4S2. The molecule has 0 saturated carbocycles. The van der Waals surface area contributed by atoms with E-state index in [1.165, 1.54) is 0 Å². The van der Waals surface area contributed by atoms with Crippen LogP contribution in [0.5, 0.6) is 0 Å². The van der Waals surface area contributed by atoms with Crippen LogP contribution in [-0.4, -0.2) is 51.6 Å². The van der Waals surface area contributed by atoms with Crippen LogP contribution in [0.2, 0.25) is 0 Å². The topological polar surface area (TPSA) is 112 Å². The number of anilines is 2. The molecule has 142 valence electrons. The number of H-pyrrole nitrogens is 1. The van der Waals surface area contributed by atoms with Gasteiger partial charge in [-0.1, -0.05) is 0 Å². The zero-order chi connectivity index (χ0) is 19.1. The van der Waals surface area contributed by atoms with E-state index in [0.717, 1.165) is 5.69 Å². The van der Waals surface area contributed by atoms with Gasteiger partial charge in [0.05, 0.1) is 22.9 Å². The van der Waals surface area contributed by atoms with Gasteiger partial charge in [0, 0.05) is 24.5 Å². The standard InChI is InChI=1S/C16H22N4O4S2/c1-11-16(12(2)18-17-11)26(23,24)19-13-4-6-14(7-5-13)20(3)15-8-9-25(21,22)10-15/h4-7,15,19H,8-10H2,1-3H3,(H,17,18). The summed E-state index contributed by atoms with van der Waals surface area (Å²) in [6, 6.07) is 6.82. The number of nitrogens with zero attached hydrogens (tertiary/aromatic N) is 2. The van der Waals surface area contributed by atoms with Crippen LogP contribution in [-0.2, 0) is 19.9 Å². The van der Waals surface area contributed by atoms with Crippen molar-refractivity contribution < 1.29 is 16.8 Å². The van der Waals surface area contributed by atoms with Crippen molar-refractivity contribution in [3.05, 3.63) is 35.7 Å². The minimum Gasteiger partial charge on any atom is -0.371 e. The molecule has 1 aliphatic rings. The SMILES string of the molecule is Cc1n[nH]c(C)c1S(=O)(=O)Nc1ccc(N(C)C2CCS(=O)(=O)C2)cc1. The third kappa shape index (κ3) is 3.70. The van der Waals surface area contributed by atoms with Crippen LogP contribution in [0.15, 0.2) is 29.2 Å². The minimum atomic E-state index is -3.73. The molecule has 0 amide bonds. The van der Waals surface area contributed by atoms with Gasteiger partial charge < -0.3 is 4.90 Å². The fourth-order valence-electron chi connectivity index (χ4n) is 3.20. The lowest BCUT2D eigenvalue weighted by molar-refractivity contribution is 0.598. The molecule has 2 N–H and O–H groups in total. The van der Waals surface area contributed by atoms with Crippen LogP contribution in [0, 0.1) is 13.8 Å². The Morgan fingerprint density at radius 3 is 2.38 bits per heavy atom. The number of hydrogen-bond acceptors (Lipinski definition) is 6. The molecular weight excluding hydrogens is 376 g/mol. The average molecular weight is 399 g/mol. The first kappa shape index (κ1) is 18.7. The molecule has 0 bridgehead atoms. The molecule has 10 heteroatoms. The van der Waals surface area contributed by atoms with Crippen LogP contribution in [0.3, 0.4) is 0 Å². The maximum Gasteiger partial charge on any atom is 0.265 e. The Labute approximate surface area is 153 Å². The van der Waals surface area contributed by atoms with Crippen molar-refractivity contribution in [2.24, 2.45) is 0 Å². The molecule has 1 atom stereocenters. The van der Waals surface area contributed by atoms with Crippen LogP contribution in [0.1, 0.15) is 17.8 Å². The van der Waals surface area contributed by atoms with Crippen molar-refractivity contribution >= 4 is 31.2 Å². The summed E-state index contributed by atoms with van der Waals surface area (Å²) in [4.78, 5) is 2.07. The lowest BCUT2D eigenvalue weighted by Gasteiger charge is -2.25. The second kappa shape index (κ2) is 6.58. The second-order valence-corrected chi connectivity index (χ2v) is 10.4. The summed E-state index contributed by atoms with van der Waals surface area (Å²) in [5.41, 5.74) is 2.16. The monoisotopic (exact) mass is 398 g/mol. The number of sulfone groups is 1. The van der Waals surface area contributed by atoms with Crippen molar-refractivity contribution in [2.75, 3.05) is 28.2 Å². The van der Waals surface area contributed by atoms with Gasteiger partial charge in [0.1, 0.15) is 4.90 Å². The lowest BCUT2D eigenvalue weighted by atomic mass is 10.2. The first-order valence-corrected chi connectivity index (χ1v) is 11.5. The highest BCUT2D eigenvalue weighted by Gasteiger charge is 2.30. The van der Waals surface area contributed by atoms with Gasteiger partial charge in [-0.2, -0.15) is 5.10 Å². The van der Waals surface area contributed by atoms with Gasteiger partial charge in [-0.25, -0.2) is 16.8 Å². The minimum absolute atomic E-state index is 0.0567. The lowest BCUT2D eigenvalue weighted by Crippen LogP contribution is -2.32. The smallest absolute Gasteiger partial charge is 0.265 e. The maximum atomic E-state index is 12.6. The zero-order valence-electron chi connectivity index (χ0n) is 14.9. The third-order valence-corrected chi connectivity index (χ3v) is 8.01. The predicted molar refractivity (Wildman–Crippen MR) is 101 cm³/mol. The second-order valence-electron chi connectivity index (χ2n) is 6.58. The number of aryl methyl sites for hydroxylation is 2. The Hall–Kier alpha value is -2.07. The van der Waals surface area contributed by atoms with Gasteiger partial charge in [0.25, 0.3) is 10.0 Å². The van der Waals surface area contributed by atoms with Crippen LogP contribution >= 0.6 is 0 Å². The summed E-state index contributed by atoms with van der Waals surface area (Å²) < 4.78 is 50.9. The largest absolute Gasteiger partial charge is 0.371 e. The molecule has 1 saturated heterocycles. The highest BCUT2D eigenvalue weighted by Crippen LogP contribution is 2.26. The van der Waals surface area contributed by atoms with Gasteiger partial charge in [0.2, 0.25) is 0 Å². The number of nitrogens with one attached hydrogen (secondary N) is 2. The van der Waals surface area contributed by atoms with E-state index >= 15 is 0 Å². The maximum absolute atomic E-state index is 12.6. The van der Waals surface area contributed by atoms with Crippen LogP contribution in [0.4, 0.5) is 11.4 Å². The van der Waals surface area contributed by atoms with E-state index < -0.39 is 19.9 Å². The Morgan fingerprint density at radius 2 is 1.88 bits per heavy atom. The van der Waals surface area contributed by atoms with Gasteiger partial charge in [-0.15, -0.1) is 0 Å². The molecule has 1 fully saturated rings. The van der Waals surface area contributed by atoms with E-state index in [0.29, 0.717) is 23.5 Å². The summed E-state index contributed by atoms with van der Waals surface area (Å²) in [5.74, 6) is 0.361. The summed E-state index contributed by atoms with van der Waals surface area (Å²) in [5, 5.41) is 6.58. The van der Waals surface area contributed by atoms with Crippen LogP contribution < -0.4 is 9.62 Å². The van der Waals surface area contributed by atoms with E-state index in [9.17, 15) is 16.8 Å². The van der Waals surface area contributed by atoms with Crippen molar-refractivity contribution in [3.8, 4) is 0 Å². The van der Waals surface area contributed by atoms with Crippen LogP contribution in [0.25, 0.3) is 0 Å². The number of sulfonamides is 1. The van der Waals surface area contributed by atoms with E-state index in [2.05, 4.69) is 14.9 Å². The average Bonchev–Trinajstić information content (AvgIpc) is 3.09. The molecule has 0 radical (unpaired) electrons. The molecule has 1 aromatic heterocycles. The molecule has 2 aromatic rings. The van der Waals surface area contributed by atoms with Gasteiger partial charge in [-0.05, 0) is 44.5 Å². The molecule has 2 heterocycles. The Balaban J connectivity index is 1.76. The number of rotatable bonds is 5. The zero-order valence-corrected chi connectivity index (χ0v) is 16.5. The van der Waals surface area contributed by atoms with E-state index in [4.69, 9.17) is 0 Å². The van der Waals surface area contributed by atoms with E-state index in [-0.39, 0.29) is 22.4 Å². The summed E-state index contributed by atoms with van der Waals surface area (Å²) in [7, 11) is -4.84. The first-order valence-electron chi connectivity index (χ1n) is 8.17. The molecule has 8 nitrogen and oxygen atoms in total. The van der Waals surface area contributed by atoms with Crippen molar-refractivity contribution in [1.29, 1.82) is 0 Å². The third-order valence-electron chi connectivity index (χ3n) is 4.61. The van der Waals surface area contributed by atoms with Gasteiger partial charge in [0.15, 0.2) is 9.84 Å². The molecule has 1 unspecified atom stereocenters. The summed E-state index contributed by atoms with van der Waals surface area (Å²) in [6.45, 7) is 3.29. The Kier molecular flexibility index (Phi) is 4.74. The number of hydrogen-bond donors (Lipinski definition) is 2. The molecule has 0 spiro atoms. The summed E-state index contributed by atoms with van der Waals surface area (Å²) in [6.07, 6.45) is 0.603. The number of benzene rings is 1. The number of aromatic amines is 1. The summed E-state index contributed by atoms with van der Waals surface area (Å²) >= 11 is 0. The van der Waals surface area contributed by atoms with Crippen molar-refractivity contribution in [2.45, 2.75) is 31.2 Å². The number of aromatic nitrogens is 2. The normalized spacial score (nSPS) is 19.4. The Bertz CT molecular complexity index is 992. The van der Waals surface area contributed by atoms with Crippen molar-refractivity contribution in [3.63, 3.8) is 0 Å². The Morgan fingerprint density at radius 1 is 1.23 bits per heavy atom. The molecule has 26 heavy (non-hydrogen) atoms. The highest BCUT2D eigenvalue weighted by molar-refractivity contribution is 7.92. The molecule has 1 aromatic carbocycles. The van der Waals surface area contributed by atoms with Gasteiger partial charge in [-0.3, -0.25) is 9.82 Å². The van der Waals surface area contributed by atoms with Gasteiger partial charge >= 0.3 is 0 Å². The highest BCUT2D eigenvalue weighted by atomic mass is 32.2. The molecule has 0 aliphatic carbocycles. The van der Waals surface area contributed by atoms with Crippen molar-refractivity contribution in [1.82, 2.24) is 10.2 Å². The fraction of sp³-hybridized carbons (Fsp3) is 0.438. The molecule has 3 rings (SSSR count). The quantitative estimate of drug-likeness (QED) is 0.788. The molecule has 1 aliphatic heterocycles. The first-order chi connectivity index (χ1) is 12.1. The van der Waals surface area contributed by atoms with E-state index in [1.54, 1.807) is 38.1 Å².